The van der Waals surface area contributed by atoms with E-state index >= 15 is 0 Å². The Morgan fingerprint density at radius 3 is 2.86 bits per heavy atom. The van der Waals surface area contributed by atoms with Crippen LogP contribution in [0.25, 0.3) is 0 Å². The molecular formula is C8H14N2O4. The van der Waals surface area contributed by atoms with Gasteiger partial charge in [-0.3, -0.25) is 10.1 Å². The van der Waals surface area contributed by atoms with Crippen LogP contribution < -0.4 is 10.6 Å². The minimum atomic E-state index is -1.00. The van der Waals surface area contributed by atoms with Crippen molar-refractivity contribution in [3.63, 3.8) is 0 Å². The predicted molar refractivity (Wildman–Crippen MR) is 48.0 cm³/mol. The van der Waals surface area contributed by atoms with Gasteiger partial charge < -0.3 is 15.2 Å². The molecule has 1 unspecified atom stereocenters. The summed E-state index contributed by atoms with van der Waals surface area (Å²) >= 11 is 0. The first-order valence-electron chi connectivity index (χ1n) is 4.35. The Morgan fingerprint density at radius 1 is 1.79 bits per heavy atom. The maximum absolute atomic E-state index is 10.7. The molecule has 6 heteroatoms. The summed E-state index contributed by atoms with van der Waals surface area (Å²) in [6.45, 7) is 3.86. The first kappa shape index (κ1) is 10.8. The van der Waals surface area contributed by atoms with E-state index in [4.69, 9.17) is 9.84 Å². The summed E-state index contributed by atoms with van der Waals surface area (Å²) in [5.74, 6) is -0.935. The van der Waals surface area contributed by atoms with E-state index in [0.29, 0.717) is 13.1 Å². The SMILES string of the molecule is CC(C)(NCC1CNC(=O)O1)C(=O)O. The summed E-state index contributed by atoms with van der Waals surface area (Å²) in [7, 11) is 0. The standard InChI is InChI=1S/C8H14N2O4/c1-8(2,6(11)12)10-4-5-3-9-7(13)14-5/h5,10H,3-4H2,1-2H3,(H,9,13)(H,11,12). The van der Waals surface area contributed by atoms with Crippen molar-refractivity contribution in [2.75, 3.05) is 13.1 Å². The van der Waals surface area contributed by atoms with Gasteiger partial charge >= 0.3 is 12.1 Å². The van der Waals surface area contributed by atoms with Crippen molar-refractivity contribution in [2.45, 2.75) is 25.5 Å². The average Bonchev–Trinajstić information content (AvgIpc) is 2.48. The lowest BCUT2D eigenvalue weighted by atomic mass is 10.1. The van der Waals surface area contributed by atoms with Crippen LogP contribution in [0.15, 0.2) is 0 Å². The number of carbonyl (C=O) groups is 2. The summed E-state index contributed by atoms with van der Waals surface area (Å²) in [4.78, 5) is 21.3. The second-order valence-electron chi connectivity index (χ2n) is 3.72. The Kier molecular flexibility index (Phi) is 2.95. The highest BCUT2D eigenvalue weighted by molar-refractivity contribution is 5.77. The van der Waals surface area contributed by atoms with Crippen LogP contribution in [0.5, 0.6) is 0 Å². The Bertz CT molecular complexity index is 252. The molecule has 14 heavy (non-hydrogen) atoms. The molecule has 1 aliphatic heterocycles. The van der Waals surface area contributed by atoms with Crippen molar-refractivity contribution in [3.8, 4) is 0 Å². The Balaban J connectivity index is 2.33. The lowest BCUT2D eigenvalue weighted by Crippen LogP contribution is -2.49. The maximum Gasteiger partial charge on any atom is 0.407 e. The van der Waals surface area contributed by atoms with Gasteiger partial charge in [-0.1, -0.05) is 0 Å². The van der Waals surface area contributed by atoms with Gasteiger partial charge in [0.05, 0.1) is 6.54 Å². The molecule has 0 radical (unpaired) electrons. The molecule has 0 aromatic heterocycles. The fourth-order valence-corrected chi connectivity index (χ4v) is 0.990. The number of aliphatic carboxylic acids is 1. The molecule has 1 saturated heterocycles. The fourth-order valence-electron chi connectivity index (χ4n) is 0.990. The highest BCUT2D eigenvalue weighted by atomic mass is 16.6. The number of rotatable bonds is 4. The summed E-state index contributed by atoms with van der Waals surface area (Å²) in [6, 6.07) is 0. The van der Waals surface area contributed by atoms with E-state index < -0.39 is 17.6 Å². The van der Waals surface area contributed by atoms with E-state index in [0.717, 1.165) is 0 Å². The monoisotopic (exact) mass is 202 g/mol. The quantitative estimate of drug-likeness (QED) is 0.574. The number of ether oxygens (including phenoxy) is 1. The lowest BCUT2D eigenvalue weighted by Gasteiger charge is -2.22. The summed E-state index contributed by atoms with van der Waals surface area (Å²) in [5, 5.41) is 14.1. The number of amides is 1. The van der Waals surface area contributed by atoms with E-state index in [1.807, 2.05) is 0 Å². The molecule has 1 atom stereocenters. The molecule has 80 valence electrons. The van der Waals surface area contributed by atoms with Crippen LogP contribution in [0, 0.1) is 0 Å². The van der Waals surface area contributed by atoms with Crippen LogP contribution in [-0.2, 0) is 9.53 Å². The van der Waals surface area contributed by atoms with E-state index in [-0.39, 0.29) is 6.10 Å². The number of hydrogen-bond acceptors (Lipinski definition) is 4. The van der Waals surface area contributed by atoms with Crippen molar-refractivity contribution in [1.82, 2.24) is 10.6 Å². The van der Waals surface area contributed by atoms with Gasteiger partial charge in [0.15, 0.2) is 0 Å². The van der Waals surface area contributed by atoms with Crippen LogP contribution >= 0.6 is 0 Å². The third-order valence-corrected chi connectivity index (χ3v) is 2.05. The van der Waals surface area contributed by atoms with Gasteiger partial charge in [0.2, 0.25) is 0 Å². The Morgan fingerprint density at radius 2 is 2.43 bits per heavy atom. The molecule has 3 N–H and O–H groups in total. The van der Waals surface area contributed by atoms with Gasteiger partial charge in [-0.15, -0.1) is 0 Å². The molecule has 1 heterocycles. The third kappa shape index (κ3) is 2.59. The van der Waals surface area contributed by atoms with E-state index in [1.165, 1.54) is 0 Å². The van der Waals surface area contributed by atoms with Crippen LogP contribution in [-0.4, -0.2) is 41.9 Å². The first-order chi connectivity index (χ1) is 6.42. The minimum Gasteiger partial charge on any atom is -0.480 e. The molecule has 0 spiro atoms. The fraction of sp³-hybridized carbons (Fsp3) is 0.750. The highest BCUT2D eigenvalue weighted by Crippen LogP contribution is 2.04. The maximum atomic E-state index is 10.7. The second-order valence-corrected chi connectivity index (χ2v) is 3.72. The highest BCUT2D eigenvalue weighted by Gasteiger charge is 2.29. The molecule has 0 aliphatic carbocycles. The average molecular weight is 202 g/mol. The molecule has 1 amide bonds. The Labute approximate surface area is 81.6 Å². The van der Waals surface area contributed by atoms with Crippen molar-refractivity contribution >= 4 is 12.1 Å². The van der Waals surface area contributed by atoms with Crippen molar-refractivity contribution in [3.05, 3.63) is 0 Å². The smallest absolute Gasteiger partial charge is 0.407 e. The number of carboxylic acid groups (broad SMARTS) is 1. The summed E-state index contributed by atoms with van der Waals surface area (Å²) in [6.07, 6.45) is -0.744. The second kappa shape index (κ2) is 3.83. The number of carboxylic acids is 1. The van der Waals surface area contributed by atoms with Crippen LogP contribution in [0.1, 0.15) is 13.8 Å². The van der Waals surface area contributed by atoms with Gasteiger partial charge in [-0.25, -0.2) is 4.79 Å². The normalized spacial score (nSPS) is 21.6. The zero-order valence-corrected chi connectivity index (χ0v) is 8.16. The molecule has 0 bridgehead atoms. The largest absolute Gasteiger partial charge is 0.480 e. The molecule has 1 fully saturated rings. The van der Waals surface area contributed by atoms with Crippen molar-refractivity contribution in [2.24, 2.45) is 0 Å². The van der Waals surface area contributed by atoms with Crippen LogP contribution in [0.2, 0.25) is 0 Å². The molecule has 1 aliphatic rings. The van der Waals surface area contributed by atoms with Gasteiger partial charge in [-0.2, -0.15) is 0 Å². The molecule has 1 rings (SSSR count). The molecule has 0 saturated carbocycles. The van der Waals surface area contributed by atoms with Crippen LogP contribution in [0.4, 0.5) is 4.79 Å². The van der Waals surface area contributed by atoms with Gasteiger partial charge in [-0.05, 0) is 13.8 Å². The van der Waals surface area contributed by atoms with E-state index in [1.54, 1.807) is 13.8 Å². The number of cyclic esters (lactones) is 1. The van der Waals surface area contributed by atoms with Crippen molar-refractivity contribution < 1.29 is 19.4 Å². The number of alkyl carbamates (subject to hydrolysis) is 1. The first-order valence-corrected chi connectivity index (χ1v) is 4.35. The zero-order chi connectivity index (χ0) is 10.8. The number of nitrogens with one attached hydrogen (secondary N) is 2. The van der Waals surface area contributed by atoms with Gasteiger partial charge in [0, 0.05) is 6.54 Å². The van der Waals surface area contributed by atoms with Crippen LogP contribution in [0.3, 0.4) is 0 Å². The van der Waals surface area contributed by atoms with Gasteiger partial charge in [0.1, 0.15) is 11.6 Å². The van der Waals surface area contributed by atoms with E-state index in [2.05, 4.69) is 10.6 Å². The molecule has 0 aromatic carbocycles. The van der Waals surface area contributed by atoms with Gasteiger partial charge in [0.25, 0.3) is 0 Å². The number of carbonyl (C=O) groups excluding carboxylic acids is 1. The summed E-state index contributed by atoms with van der Waals surface area (Å²) < 4.78 is 4.83. The molecule has 0 aromatic rings. The predicted octanol–water partition coefficient (Wildman–Crippen LogP) is -0.452. The minimum absolute atomic E-state index is 0.291. The Hall–Kier alpha value is -1.30. The molecule has 6 nitrogen and oxygen atoms in total. The van der Waals surface area contributed by atoms with E-state index in [9.17, 15) is 9.59 Å². The zero-order valence-electron chi connectivity index (χ0n) is 8.16. The molecular weight excluding hydrogens is 188 g/mol. The summed E-state index contributed by atoms with van der Waals surface area (Å²) in [5.41, 5.74) is -1.00. The third-order valence-electron chi connectivity index (χ3n) is 2.05. The lowest BCUT2D eigenvalue weighted by molar-refractivity contribution is -0.143. The van der Waals surface area contributed by atoms with Crippen molar-refractivity contribution in [1.29, 1.82) is 0 Å². The number of hydrogen-bond donors (Lipinski definition) is 3. The topological polar surface area (TPSA) is 87.7 Å².